The molecule has 1 atom stereocenters. The summed E-state index contributed by atoms with van der Waals surface area (Å²) in [5, 5.41) is 2.91. The summed E-state index contributed by atoms with van der Waals surface area (Å²) in [6, 6.07) is 13.3. The highest BCUT2D eigenvalue weighted by atomic mass is 79.9. The number of benzene rings is 1. The van der Waals surface area contributed by atoms with Gasteiger partial charge in [0.2, 0.25) is 11.8 Å². The lowest BCUT2D eigenvalue weighted by molar-refractivity contribution is -0.126. The number of aromatic nitrogens is 1. The Bertz CT molecular complexity index is 736. The first kappa shape index (κ1) is 16.6. The van der Waals surface area contributed by atoms with Gasteiger partial charge in [0, 0.05) is 48.0 Å². The average Bonchev–Trinajstić information content (AvgIpc) is 2.98. The van der Waals surface area contributed by atoms with E-state index in [2.05, 4.69) is 26.2 Å². The van der Waals surface area contributed by atoms with E-state index in [4.69, 9.17) is 0 Å². The molecule has 1 aromatic carbocycles. The minimum atomic E-state index is -0.305. The predicted octanol–water partition coefficient (Wildman–Crippen LogP) is 2.56. The van der Waals surface area contributed by atoms with E-state index in [1.54, 1.807) is 11.1 Å². The van der Waals surface area contributed by atoms with Crippen LogP contribution in [0.4, 0.5) is 5.69 Å². The fourth-order valence-electron chi connectivity index (χ4n) is 2.78. The van der Waals surface area contributed by atoms with Crippen molar-refractivity contribution < 1.29 is 9.59 Å². The second-order valence-electron chi connectivity index (χ2n) is 5.75. The van der Waals surface area contributed by atoms with E-state index in [1.165, 1.54) is 0 Å². The summed E-state index contributed by atoms with van der Waals surface area (Å²) in [6.07, 6.45) is 2.67. The van der Waals surface area contributed by atoms with Gasteiger partial charge in [-0.1, -0.05) is 28.1 Å². The van der Waals surface area contributed by atoms with E-state index in [1.807, 2.05) is 42.5 Å². The van der Waals surface area contributed by atoms with E-state index in [0.717, 1.165) is 15.9 Å². The highest BCUT2D eigenvalue weighted by Gasteiger charge is 2.34. The summed E-state index contributed by atoms with van der Waals surface area (Å²) in [6.45, 7) is 0.947. The Morgan fingerprint density at radius 2 is 2.17 bits per heavy atom. The fraction of sp³-hybridized carbons (Fsp3) is 0.278. The van der Waals surface area contributed by atoms with Crippen molar-refractivity contribution in [2.75, 3.05) is 18.0 Å². The fourth-order valence-corrected chi connectivity index (χ4v) is 3.17. The van der Waals surface area contributed by atoms with E-state index < -0.39 is 0 Å². The van der Waals surface area contributed by atoms with Crippen molar-refractivity contribution in [1.29, 1.82) is 0 Å². The number of nitrogens with one attached hydrogen (secondary N) is 1. The Morgan fingerprint density at radius 1 is 1.29 bits per heavy atom. The van der Waals surface area contributed by atoms with Crippen molar-refractivity contribution in [2.24, 2.45) is 5.92 Å². The van der Waals surface area contributed by atoms with Gasteiger partial charge in [0.25, 0.3) is 0 Å². The van der Waals surface area contributed by atoms with Crippen molar-refractivity contribution >= 4 is 33.4 Å². The molecule has 1 saturated heterocycles. The van der Waals surface area contributed by atoms with Crippen LogP contribution in [0.15, 0.2) is 53.1 Å². The molecule has 1 aliphatic heterocycles. The van der Waals surface area contributed by atoms with Crippen molar-refractivity contribution in [3.8, 4) is 0 Å². The van der Waals surface area contributed by atoms with E-state index in [-0.39, 0.29) is 24.2 Å². The first-order valence-corrected chi connectivity index (χ1v) is 8.66. The van der Waals surface area contributed by atoms with Crippen LogP contribution in [0.5, 0.6) is 0 Å². The number of carbonyl (C=O) groups excluding carboxylic acids is 2. The number of anilines is 1. The van der Waals surface area contributed by atoms with Gasteiger partial charge >= 0.3 is 0 Å². The summed E-state index contributed by atoms with van der Waals surface area (Å²) < 4.78 is 0.913. The van der Waals surface area contributed by atoms with Crippen LogP contribution in [0.25, 0.3) is 0 Å². The molecule has 24 heavy (non-hydrogen) atoms. The van der Waals surface area contributed by atoms with E-state index in [9.17, 15) is 9.59 Å². The van der Waals surface area contributed by atoms with Crippen LogP contribution in [0.1, 0.15) is 12.1 Å². The van der Waals surface area contributed by atoms with Crippen LogP contribution in [-0.4, -0.2) is 29.9 Å². The number of halogens is 1. The monoisotopic (exact) mass is 387 g/mol. The third-order valence-electron chi connectivity index (χ3n) is 4.02. The molecular weight excluding hydrogens is 370 g/mol. The number of pyridine rings is 1. The number of carbonyl (C=O) groups is 2. The minimum absolute atomic E-state index is 0.0158. The van der Waals surface area contributed by atoms with Gasteiger partial charge in [-0.15, -0.1) is 0 Å². The second kappa shape index (κ2) is 7.57. The largest absolute Gasteiger partial charge is 0.355 e. The Labute approximate surface area is 149 Å². The van der Waals surface area contributed by atoms with Gasteiger partial charge in [0.05, 0.1) is 5.92 Å². The van der Waals surface area contributed by atoms with Crippen molar-refractivity contribution in [3.05, 3.63) is 58.8 Å². The molecule has 2 aromatic rings. The molecule has 2 amide bonds. The number of amides is 2. The highest BCUT2D eigenvalue weighted by molar-refractivity contribution is 9.10. The minimum Gasteiger partial charge on any atom is -0.355 e. The molecule has 0 saturated carbocycles. The van der Waals surface area contributed by atoms with Crippen LogP contribution in [-0.2, 0) is 16.0 Å². The molecule has 0 spiro atoms. The highest BCUT2D eigenvalue weighted by Crippen LogP contribution is 2.27. The topological polar surface area (TPSA) is 62.3 Å². The van der Waals surface area contributed by atoms with Gasteiger partial charge in [-0.2, -0.15) is 0 Å². The molecule has 1 fully saturated rings. The SMILES string of the molecule is O=C(NCCc1ccccn1)[C@@H]1CC(=O)N(c2cccc(Br)c2)C1. The molecule has 0 aliphatic carbocycles. The van der Waals surface area contributed by atoms with Crippen LogP contribution >= 0.6 is 15.9 Å². The van der Waals surface area contributed by atoms with Gasteiger partial charge < -0.3 is 10.2 Å². The molecule has 2 heterocycles. The zero-order valence-electron chi connectivity index (χ0n) is 13.1. The van der Waals surface area contributed by atoms with Gasteiger partial charge in [-0.05, 0) is 30.3 Å². The molecule has 1 N–H and O–H groups in total. The van der Waals surface area contributed by atoms with E-state index in [0.29, 0.717) is 19.5 Å². The first-order chi connectivity index (χ1) is 11.6. The summed E-state index contributed by atoms with van der Waals surface area (Å²) >= 11 is 3.41. The maximum absolute atomic E-state index is 12.3. The number of hydrogen-bond donors (Lipinski definition) is 1. The molecule has 3 rings (SSSR count). The first-order valence-electron chi connectivity index (χ1n) is 7.87. The Kier molecular flexibility index (Phi) is 5.25. The number of nitrogens with zero attached hydrogens (tertiary/aromatic N) is 2. The molecule has 6 heteroatoms. The quantitative estimate of drug-likeness (QED) is 0.857. The smallest absolute Gasteiger partial charge is 0.227 e. The molecule has 0 unspecified atom stereocenters. The van der Waals surface area contributed by atoms with Gasteiger partial charge in [-0.3, -0.25) is 14.6 Å². The van der Waals surface area contributed by atoms with Gasteiger partial charge in [-0.25, -0.2) is 0 Å². The van der Waals surface area contributed by atoms with Gasteiger partial charge in [0.1, 0.15) is 0 Å². The Hall–Kier alpha value is -2.21. The Morgan fingerprint density at radius 3 is 2.92 bits per heavy atom. The maximum Gasteiger partial charge on any atom is 0.227 e. The Balaban J connectivity index is 1.54. The lowest BCUT2D eigenvalue weighted by Crippen LogP contribution is -2.34. The predicted molar refractivity (Wildman–Crippen MR) is 95.6 cm³/mol. The van der Waals surface area contributed by atoms with E-state index >= 15 is 0 Å². The third-order valence-corrected chi connectivity index (χ3v) is 4.52. The zero-order valence-corrected chi connectivity index (χ0v) is 14.7. The summed E-state index contributed by atoms with van der Waals surface area (Å²) in [7, 11) is 0. The average molecular weight is 388 g/mol. The third kappa shape index (κ3) is 4.00. The summed E-state index contributed by atoms with van der Waals surface area (Å²) in [4.78, 5) is 30.4. The molecule has 0 bridgehead atoms. The van der Waals surface area contributed by atoms with Crippen molar-refractivity contribution in [1.82, 2.24) is 10.3 Å². The van der Waals surface area contributed by atoms with Crippen molar-refractivity contribution in [2.45, 2.75) is 12.8 Å². The normalized spacial score (nSPS) is 17.1. The summed E-state index contributed by atoms with van der Waals surface area (Å²) in [5.74, 6) is -0.394. The van der Waals surface area contributed by atoms with Crippen LogP contribution in [0, 0.1) is 5.92 Å². The molecule has 0 radical (unpaired) electrons. The number of hydrogen-bond acceptors (Lipinski definition) is 3. The summed E-state index contributed by atoms with van der Waals surface area (Å²) in [5.41, 5.74) is 1.76. The van der Waals surface area contributed by atoms with Crippen LogP contribution < -0.4 is 10.2 Å². The molecular formula is C18H18BrN3O2. The molecule has 1 aliphatic rings. The second-order valence-corrected chi connectivity index (χ2v) is 6.66. The number of rotatable bonds is 5. The maximum atomic E-state index is 12.3. The van der Waals surface area contributed by atoms with Crippen LogP contribution in [0.2, 0.25) is 0 Å². The lowest BCUT2D eigenvalue weighted by atomic mass is 10.1. The van der Waals surface area contributed by atoms with Crippen molar-refractivity contribution in [3.63, 3.8) is 0 Å². The van der Waals surface area contributed by atoms with Crippen LogP contribution in [0.3, 0.4) is 0 Å². The molecule has 5 nitrogen and oxygen atoms in total. The lowest BCUT2D eigenvalue weighted by Gasteiger charge is -2.17. The molecule has 1 aromatic heterocycles. The zero-order chi connectivity index (χ0) is 16.9. The standard InChI is InChI=1S/C18H18BrN3O2/c19-14-4-3-6-16(11-14)22-12-13(10-17(22)23)18(24)21-9-7-15-5-1-2-8-20-15/h1-6,8,11,13H,7,9-10,12H2,(H,21,24)/t13-/m1/s1. The van der Waals surface area contributed by atoms with Gasteiger partial charge in [0.15, 0.2) is 0 Å². The molecule has 124 valence electrons.